The maximum atomic E-state index is 12.5. The summed E-state index contributed by atoms with van der Waals surface area (Å²) in [7, 11) is -2.29. The fourth-order valence-electron chi connectivity index (χ4n) is 2.60. The molecule has 0 aliphatic carbocycles. The zero-order valence-corrected chi connectivity index (χ0v) is 14.4. The molecule has 5 nitrogen and oxygen atoms in total. The molecule has 1 aliphatic heterocycles. The highest BCUT2D eigenvalue weighted by molar-refractivity contribution is 7.89. The molecule has 7 heteroatoms. The van der Waals surface area contributed by atoms with Crippen molar-refractivity contribution in [1.29, 1.82) is 0 Å². The van der Waals surface area contributed by atoms with Crippen molar-refractivity contribution in [1.82, 2.24) is 9.21 Å². The molecule has 1 heterocycles. The first-order valence-corrected chi connectivity index (χ1v) is 9.12. The molecule has 122 valence electrons. The number of nitrogens with zero attached hydrogens (tertiary/aromatic N) is 2. The Hall–Kier alpha value is -1.11. The minimum Gasteiger partial charge on any atom is -0.341 e. The average Bonchev–Trinajstić information content (AvgIpc) is 2.47. The predicted molar refractivity (Wildman–Crippen MR) is 86.2 cm³/mol. The molecule has 0 N–H and O–H groups in total. The molecule has 1 aromatic rings. The first-order chi connectivity index (χ1) is 10.3. The number of rotatable bonds is 4. The van der Waals surface area contributed by atoms with Crippen LogP contribution in [0.25, 0.3) is 0 Å². The molecule has 22 heavy (non-hydrogen) atoms. The first kappa shape index (κ1) is 17.2. The first-order valence-electron chi connectivity index (χ1n) is 7.30. The molecule has 1 saturated heterocycles. The minimum absolute atomic E-state index is 0.0994. The van der Waals surface area contributed by atoms with Gasteiger partial charge in [0.05, 0.1) is 11.4 Å². The summed E-state index contributed by atoms with van der Waals surface area (Å²) in [6.07, 6.45) is 2.08. The quantitative estimate of drug-likeness (QED) is 0.841. The van der Waals surface area contributed by atoms with Crippen molar-refractivity contribution in [2.75, 3.05) is 26.7 Å². The van der Waals surface area contributed by atoms with Crippen LogP contribution in [-0.2, 0) is 14.8 Å². The molecule has 1 aromatic carbocycles. The van der Waals surface area contributed by atoms with Gasteiger partial charge in [-0.1, -0.05) is 24.6 Å². The number of benzene rings is 1. The van der Waals surface area contributed by atoms with E-state index in [4.69, 9.17) is 11.6 Å². The molecule has 0 saturated carbocycles. The van der Waals surface area contributed by atoms with Crippen LogP contribution in [0.5, 0.6) is 0 Å². The Morgan fingerprint density at radius 3 is 2.82 bits per heavy atom. The molecular weight excluding hydrogens is 324 g/mol. The van der Waals surface area contributed by atoms with Gasteiger partial charge in [-0.3, -0.25) is 4.79 Å². The zero-order valence-electron chi connectivity index (χ0n) is 12.8. The van der Waals surface area contributed by atoms with Gasteiger partial charge in [0.1, 0.15) is 0 Å². The second-order valence-electron chi connectivity index (χ2n) is 5.81. The number of hydrogen-bond acceptors (Lipinski definition) is 3. The molecule has 0 radical (unpaired) electrons. The summed E-state index contributed by atoms with van der Waals surface area (Å²) in [5.74, 6) is 0.312. The van der Waals surface area contributed by atoms with Crippen molar-refractivity contribution < 1.29 is 13.2 Å². The highest BCUT2D eigenvalue weighted by Crippen LogP contribution is 2.20. The van der Waals surface area contributed by atoms with Gasteiger partial charge in [0, 0.05) is 25.2 Å². The maximum absolute atomic E-state index is 12.5. The minimum atomic E-state index is -3.71. The lowest BCUT2D eigenvalue weighted by molar-refractivity contribution is -0.132. The molecule has 1 amide bonds. The number of sulfonamides is 1. The molecule has 0 unspecified atom stereocenters. The van der Waals surface area contributed by atoms with Crippen LogP contribution < -0.4 is 0 Å². The SMILES string of the molecule is C[C@@H]1CCCN(C(=O)CN(C)S(=O)(=O)c2cccc(Cl)c2)C1. The molecule has 1 atom stereocenters. The van der Waals surface area contributed by atoms with Crippen LogP contribution in [0.15, 0.2) is 29.2 Å². The number of carbonyl (C=O) groups excluding carboxylic acids is 1. The van der Waals surface area contributed by atoms with E-state index in [2.05, 4.69) is 6.92 Å². The zero-order chi connectivity index (χ0) is 16.3. The van der Waals surface area contributed by atoms with E-state index in [-0.39, 0.29) is 17.3 Å². The Morgan fingerprint density at radius 2 is 2.18 bits per heavy atom. The van der Waals surface area contributed by atoms with Gasteiger partial charge in [-0.2, -0.15) is 4.31 Å². The number of amides is 1. The fraction of sp³-hybridized carbons (Fsp3) is 0.533. The second kappa shape index (κ2) is 6.98. The number of carbonyl (C=O) groups is 1. The van der Waals surface area contributed by atoms with Gasteiger partial charge in [-0.15, -0.1) is 0 Å². The number of likely N-dealkylation sites (N-methyl/N-ethyl adjacent to an activating group) is 1. The van der Waals surface area contributed by atoms with E-state index in [1.54, 1.807) is 17.0 Å². The van der Waals surface area contributed by atoms with Gasteiger partial charge in [-0.25, -0.2) is 8.42 Å². The fourth-order valence-corrected chi connectivity index (χ4v) is 4.02. The van der Waals surface area contributed by atoms with Gasteiger partial charge in [0.2, 0.25) is 15.9 Å². The molecule has 0 aromatic heterocycles. The molecule has 0 spiro atoms. The van der Waals surface area contributed by atoms with Crippen LogP contribution in [0, 0.1) is 5.92 Å². The van der Waals surface area contributed by atoms with Gasteiger partial charge in [0.15, 0.2) is 0 Å². The van der Waals surface area contributed by atoms with Gasteiger partial charge in [0.25, 0.3) is 0 Å². The summed E-state index contributed by atoms with van der Waals surface area (Å²) in [5, 5.41) is 0.352. The van der Waals surface area contributed by atoms with E-state index < -0.39 is 10.0 Å². The molecular formula is C15H21ClN2O3S. The van der Waals surface area contributed by atoms with Crippen molar-refractivity contribution in [3.8, 4) is 0 Å². The second-order valence-corrected chi connectivity index (χ2v) is 8.29. The number of hydrogen-bond donors (Lipinski definition) is 0. The summed E-state index contributed by atoms with van der Waals surface area (Å²) in [6.45, 7) is 3.35. The third-order valence-corrected chi connectivity index (χ3v) is 5.91. The standard InChI is InChI=1S/C15H21ClN2O3S/c1-12-5-4-8-18(10-12)15(19)11-17(2)22(20,21)14-7-3-6-13(16)9-14/h3,6-7,9,12H,4-5,8,10-11H2,1-2H3/t12-/m1/s1. The third-order valence-electron chi connectivity index (χ3n) is 3.87. The Morgan fingerprint density at radius 1 is 1.45 bits per heavy atom. The topological polar surface area (TPSA) is 57.7 Å². The van der Waals surface area contributed by atoms with Crippen molar-refractivity contribution in [3.05, 3.63) is 29.3 Å². The lowest BCUT2D eigenvalue weighted by Gasteiger charge is -2.32. The molecule has 1 fully saturated rings. The van der Waals surface area contributed by atoms with E-state index in [0.29, 0.717) is 24.0 Å². The number of likely N-dealkylation sites (tertiary alicyclic amines) is 1. The van der Waals surface area contributed by atoms with Crippen LogP contribution in [0.2, 0.25) is 5.02 Å². The van der Waals surface area contributed by atoms with Crippen LogP contribution in [-0.4, -0.2) is 50.2 Å². The largest absolute Gasteiger partial charge is 0.341 e. The van der Waals surface area contributed by atoms with Gasteiger partial charge < -0.3 is 4.90 Å². The maximum Gasteiger partial charge on any atom is 0.243 e. The van der Waals surface area contributed by atoms with E-state index in [1.807, 2.05) is 0 Å². The lowest BCUT2D eigenvalue weighted by Crippen LogP contribution is -2.45. The van der Waals surface area contributed by atoms with Crippen molar-refractivity contribution in [2.24, 2.45) is 5.92 Å². The summed E-state index contributed by atoms with van der Waals surface area (Å²) >= 11 is 5.84. The highest BCUT2D eigenvalue weighted by Gasteiger charge is 2.27. The Labute approximate surface area is 136 Å². The van der Waals surface area contributed by atoms with Crippen molar-refractivity contribution in [2.45, 2.75) is 24.7 Å². The van der Waals surface area contributed by atoms with E-state index in [9.17, 15) is 13.2 Å². The van der Waals surface area contributed by atoms with Crippen LogP contribution in [0.1, 0.15) is 19.8 Å². The predicted octanol–water partition coefficient (Wildman–Crippen LogP) is 2.22. The van der Waals surface area contributed by atoms with Gasteiger partial charge >= 0.3 is 0 Å². The summed E-state index contributed by atoms with van der Waals surface area (Å²) in [4.78, 5) is 14.1. The van der Waals surface area contributed by atoms with Crippen molar-refractivity contribution in [3.63, 3.8) is 0 Å². The van der Waals surface area contributed by atoms with Crippen LogP contribution in [0.3, 0.4) is 0 Å². The van der Waals surface area contributed by atoms with Gasteiger partial charge in [-0.05, 0) is 37.0 Å². The number of halogens is 1. The average molecular weight is 345 g/mol. The monoisotopic (exact) mass is 344 g/mol. The van der Waals surface area contributed by atoms with Crippen molar-refractivity contribution >= 4 is 27.5 Å². The Balaban J connectivity index is 2.07. The van der Waals surface area contributed by atoms with Crippen LogP contribution in [0.4, 0.5) is 0 Å². The van der Waals surface area contributed by atoms with E-state index in [1.165, 1.54) is 19.2 Å². The molecule has 2 rings (SSSR count). The molecule has 0 bridgehead atoms. The summed E-state index contributed by atoms with van der Waals surface area (Å²) in [6, 6.07) is 6.06. The third kappa shape index (κ3) is 4.00. The van der Waals surface area contributed by atoms with E-state index in [0.717, 1.165) is 17.1 Å². The lowest BCUT2D eigenvalue weighted by atomic mass is 10.0. The summed E-state index contributed by atoms with van der Waals surface area (Å²) < 4.78 is 26.0. The normalized spacial score (nSPS) is 19.5. The number of piperidine rings is 1. The molecule has 1 aliphatic rings. The smallest absolute Gasteiger partial charge is 0.243 e. The summed E-state index contributed by atoms with van der Waals surface area (Å²) in [5.41, 5.74) is 0. The Bertz CT molecular complexity index is 648. The van der Waals surface area contributed by atoms with Crippen LogP contribution >= 0.6 is 11.6 Å². The highest BCUT2D eigenvalue weighted by atomic mass is 35.5. The Kier molecular flexibility index (Phi) is 5.47. The van der Waals surface area contributed by atoms with E-state index >= 15 is 0 Å².